The third-order valence-corrected chi connectivity index (χ3v) is 3.04. The van der Waals surface area contributed by atoms with Gasteiger partial charge in [0.05, 0.1) is 0 Å². The molecule has 1 heterocycles. The summed E-state index contributed by atoms with van der Waals surface area (Å²) in [5.74, 6) is -0.568. The van der Waals surface area contributed by atoms with Gasteiger partial charge < -0.3 is 14.4 Å². The third kappa shape index (κ3) is 2.92. The average Bonchev–Trinajstić information content (AvgIpc) is 2.81. The molecule has 2 rings (SSSR count). The molecule has 0 atom stereocenters. The van der Waals surface area contributed by atoms with Crippen LogP contribution in [0.1, 0.15) is 16.1 Å². The summed E-state index contributed by atoms with van der Waals surface area (Å²) in [7, 11) is 1.85. The van der Waals surface area contributed by atoms with Gasteiger partial charge in [-0.3, -0.25) is 0 Å². The number of furan rings is 1. The first-order valence-electron chi connectivity index (χ1n) is 5.35. The van der Waals surface area contributed by atoms with Crippen molar-refractivity contribution in [2.45, 2.75) is 6.54 Å². The average molecular weight is 310 g/mol. The molecule has 0 saturated heterocycles. The summed E-state index contributed by atoms with van der Waals surface area (Å²) in [6.07, 6.45) is 0. The lowest BCUT2D eigenvalue weighted by atomic mass is 10.2. The number of rotatable bonds is 4. The molecule has 0 fully saturated rings. The van der Waals surface area contributed by atoms with Gasteiger partial charge in [0.25, 0.3) is 0 Å². The first-order chi connectivity index (χ1) is 8.56. The fourth-order valence-corrected chi connectivity index (χ4v) is 1.85. The minimum atomic E-state index is -1.06. The van der Waals surface area contributed by atoms with Crippen LogP contribution < -0.4 is 4.90 Å². The number of hydrogen-bond donors (Lipinski definition) is 1. The Morgan fingerprint density at radius 2 is 1.94 bits per heavy atom. The van der Waals surface area contributed by atoms with E-state index in [1.807, 2.05) is 36.2 Å². The highest BCUT2D eigenvalue weighted by Gasteiger charge is 2.11. The number of carboxylic acids is 1. The second-order valence-electron chi connectivity index (χ2n) is 3.93. The predicted molar refractivity (Wildman–Crippen MR) is 71.9 cm³/mol. The zero-order valence-corrected chi connectivity index (χ0v) is 11.3. The number of anilines is 1. The van der Waals surface area contributed by atoms with Crippen molar-refractivity contribution in [1.82, 2.24) is 0 Å². The number of nitrogens with zero attached hydrogens (tertiary/aromatic N) is 1. The van der Waals surface area contributed by atoms with Gasteiger partial charge >= 0.3 is 5.97 Å². The molecule has 18 heavy (non-hydrogen) atoms. The molecular formula is C13H12BrNO3. The molecular weight excluding hydrogens is 298 g/mol. The van der Waals surface area contributed by atoms with E-state index in [9.17, 15) is 4.79 Å². The third-order valence-electron chi connectivity index (χ3n) is 2.51. The minimum Gasteiger partial charge on any atom is -0.475 e. The maximum atomic E-state index is 10.7. The van der Waals surface area contributed by atoms with Gasteiger partial charge in [-0.1, -0.05) is 28.1 Å². The van der Waals surface area contributed by atoms with Crippen LogP contribution in [0.25, 0.3) is 0 Å². The Morgan fingerprint density at radius 3 is 2.50 bits per heavy atom. The highest BCUT2D eigenvalue weighted by atomic mass is 79.9. The van der Waals surface area contributed by atoms with Crippen molar-refractivity contribution < 1.29 is 14.3 Å². The topological polar surface area (TPSA) is 53.7 Å². The van der Waals surface area contributed by atoms with Gasteiger partial charge in [0, 0.05) is 24.1 Å². The van der Waals surface area contributed by atoms with Crippen molar-refractivity contribution >= 4 is 27.8 Å². The molecule has 1 aromatic heterocycles. The first kappa shape index (κ1) is 12.7. The van der Waals surface area contributed by atoms with Crippen LogP contribution in [0.4, 0.5) is 5.88 Å². The molecule has 0 aliphatic heterocycles. The van der Waals surface area contributed by atoms with Crippen LogP contribution in [-0.2, 0) is 6.54 Å². The number of halogens is 1. The molecule has 0 radical (unpaired) electrons. The van der Waals surface area contributed by atoms with Crippen LogP contribution in [0.2, 0.25) is 0 Å². The van der Waals surface area contributed by atoms with E-state index in [2.05, 4.69) is 15.9 Å². The summed E-state index contributed by atoms with van der Waals surface area (Å²) >= 11 is 3.38. The van der Waals surface area contributed by atoms with E-state index in [-0.39, 0.29) is 5.76 Å². The number of hydrogen-bond acceptors (Lipinski definition) is 3. The Hall–Kier alpha value is -1.75. The Bertz CT molecular complexity index is 548. The summed E-state index contributed by atoms with van der Waals surface area (Å²) < 4.78 is 6.25. The number of aromatic carboxylic acids is 1. The molecule has 94 valence electrons. The smallest absolute Gasteiger partial charge is 0.371 e. The van der Waals surface area contributed by atoms with Gasteiger partial charge in [-0.25, -0.2) is 4.79 Å². The van der Waals surface area contributed by atoms with E-state index in [1.54, 1.807) is 6.07 Å². The Labute approximate surface area is 113 Å². The van der Waals surface area contributed by atoms with Gasteiger partial charge in [-0.15, -0.1) is 0 Å². The second kappa shape index (κ2) is 5.27. The van der Waals surface area contributed by atoms with Crippen molar-refractivity contribution in [3.05, 3.63) is 52.2 Å². The highest BCUT2D eigenvalue weighted by Crippen LogP contribution is 2.20. The van der Waals surface area contributed by atoms with Crippen LogP contribution in [0.15, 0.2) is 45.3 Å². The molecule has 0 aliphatic rings. The summed E-state index contributed by atoms with van der Waals surface area (Å²) in [6, 6.07) is 11.0. The predicted octanol–water partition coefficient (Wildman–Crippen LogP) is 3.38. The van der Waals surface area contributed by atoms with Crippen LogP contribution in [0.3, 0.4) is 0 Å². The molecule has 0 unspecified atom stereocenters. The van der Waals surface area contributed by atoms with Crippen LogP contribution in [-0.4, -0.2) is 18.1 Å². The molecule has 1 aromatic carbocycles. The fraction of sp³-hybridized carbons (Fsp3) is 0.154. The maximum Gasteiger partial charge on any atom is 0.371 e. The molecule has 0 amide bonds. The van der Waals surface area contributed by atoms with Gasteiger partial charge in [-0.2, -0.15) is 0 Å². The number of carbonyl (C=O) groups is 1. The monoisotopic (exact) mass is 309 g/mol. The summed E-state index contributed by atoms with van der Waals surface area (Å²) in [4.78, 5) is 12.6. The zero-order chi connectivity index (χ0) is 13.1. The van der Waals surface area contributed by atoms with Gasteiger partial charge in [0.2, 0.25) is 5.76 Å². The lowest BCUT2D eigenvalue weighted by Crippen LogP contribution is -2.15. The van der Waals surface area contributed by atoms with Crippen molar-refractivity contribution in [3.63, 3.8) is 0 Å². The van der Waals surface area contributed by atoms with E-state index < -0.39 is 5.97 Å². The standard InChI is InChI=1S/C13H12BrNO3/c1-15(8-9-2-4-10(14)5-3-9)12-7-6-11(18-12)13(16)17/h2-7H,8H2,1H3,(H,16,17). The zero-order valence-electron chi connectivity index (χ0n) is 9.76. The van der Waals surface area contributed by atoms with Crippen LogP contribution >= 0.6 is 15.9 Å². The van der Waals surface area contributed by atoms with E-state index in [4.69, 9.17) is 9.52 Å². The highest BCUT2D eigenvalue weighted by molar-refractivity contribution is 9.10. The molecule has 0 saturated carbocycles. The molecule has 0 spiro atoms. The quantitative estimate of drug-likeness (QED) is 0.940. The van der Waals surface area contributed by atoms with Crippen LogP contribution in [0, 0.1) is 0 Å². The first-order valence-corrected chi connectivity index (χ1v) is 6.14. The number of benzene rings is 1. The van der Waals surface area contributed by atoms with E-state index in [0.717, 1.165) is 10.0 Å². The van der Waals surface area contributed by atoms with Gasteiger partial charge in [0.1, 0.15) is 0 Å². The van der Waals surface area contributed by atoms with Crippen LogP contribution in [0.5, 0.6) is 0 Å². The Morgan fingerprint density at radius 1 is 1.28 bits per heavy atom. The molecule has 5 heteroatoms. The van der Waals surface area contributed by atoms with Crippen molar-refractivity contribution in [3.8, 4) is 0 Å². The summed E-state index contributed by atoms with van der Waals surface area (Å²) in [5, 5.41) is 8.78. The van der Waals surface area contributed by atoms with Crippen molar-refractivity contribution in [1.29, 1.82) is 0 Å². The lowest BCUT2D eigenvalue weighted by Gasteiger charge is -2.15. The summed E-state index contributed by atoms with van der Waals surface area (Å²) in [6.45, 7) is 0.653. The van der Waals surface area contributed by atoms with E-state index in [1.165, 1.54) is 6.07 Å². The fourth-order valence-electron chi connectivity index (χ4n) is 1.59. The van der Waals surface area contributed by atoms with Gasteiger partial charge in [-0.05, 0) is 23.8 Å². The minimum absolute atomic E-state index is 0.0485. The molecule has 2 aromatic rings. The second-order valence-corrected chi connectivity index (χ2v) is 4.84. The van der Waals surface area contributed by atoms with E-state index in [0.29, 0.717) is 12.4 Å². The molecule has 0 aliphatic carbocycles. The SMILES string of the molecule is CN(Cc1ccc(Br)cc1)c1ccc(C(=O)O)o1. The van der Waals surface area contributed by atoms with Gasteiger partial charge in [0.15, 0.2) is 5.88 Å². The Kier molecular flexibility index (Phi) is 3.72. The molecule has 4 nitrogen and oxygen atoms in total. The van der Waals surface area contributed by atoms with Crippen molar-refractivity contribution in [2.75, 3.05) is 11.9 Å². The number of carboxylic acid groups (broad SMARTS) is 1. The lowest BCUT2D eigenvalue weighted by molar-refractivity contribution is 0.0663. The summed E-state index contributed by atoms with van der Waals surface area (Å²) in [5.41, 5.74) is 1.12. The van der Waals surface area contributed by atoms with Crippen molar-refractivity contribution in [2.24, 2.45) is 0 Å². The molecule has 1 N–H and O–H groups in total. The normalized spacial score (nSPS) is 10.3. The maximum absolute atomic E-state index is 10.7. The van der Waals surface area contributed by atoms with E-state index >= 15 is 0 Å². The Balaban J connectivity index is 2.09. The molecule has 0 bridgehead atoms. The largest absolute Gasteiger partial charge is 0.475 e.